The van der Waals surface area contributed by atoms with Crippen molar-refractivity contribution in [1.82, 2.24) is 20.4 Å². The molecule has 0 bridgehead atoms. The number of hydrogen-bond acceptors (Lipinski definition) is 7. The number of nitro groups is 1. The summed E-state index contributed by atoms with van der Waals surface area (Å²) >= 11 is 0. The monoisotopic (exact) mass is 425 g/mol. The highest BCUT2D eigenvalue weighted by molar-refractivity contribution is 6.07. The maximum absolute atomic E-state index is 13.3. The molecule has 2 aromatic carbocycles. The Morgan fingerprint density at radius 2 is 1.81 bits per heavy atom. The molecule has 158 valence electrons. The third-order valence-electron chi connectivity index (χ3n) is 5.13. The summed E-state index contributed by atoms with van der Waals surface area (Å²) in [5.41, 5.74) is -0.476. The highest BCUT2D eigenvalue weighted by Crippen LogP contribution is 2.33. The smallest absolute Gasteiger partial charge is 0.325 e. The number of aromatic nitrogens is 2. The molecule has 2 heterocycles. The average molecular weight is 425 g/mol. The quantitative estimate of drug-likeness (QED) is 0.364. The molecule has 0 radical (unpaired) electrons. The Morgan fingerprint density at radius 3 is 2.42 bits per heavy atom. The van der Waals surface area contributed by atoms with E-state index in [1.54, 1.807) is 6.92 Å². The van der Waals surface area contributed by atoms with Crippen LogP contribution < -0.4 is 5.32 Å². The van der Waals surface area contributed by atoms with Crippen LogP contribution in [0.4, 0.5) is 14.9 Å². The van der Waals surface area contributed by atoms with Gasteiger partial charge in [0.2, 0.25) is 11.8 Å². The second-order valence-electron chi connectivity index (χ2n) is 6.89. The normalized spacial score (nSPS) is 18.3. The zero-order valence-corrected chi connectivity index (χ0v) is 16.2. The summed E-state index contributed by atoms with van der Waals surface area (Å²) in [6, 6.07) is 10.3. The molecule has 0 aliphatic carbocycles. The molecule has 3 aromatic rings. The van der Waals surface area contributed by atoms with Crippen LogP contribution in [0, 0.1) is 15.9 Å². The molecule has 1 aromatic heterocycles. The summed E-state index contributed by atoms with van der Waals surface area (Å²) in [6.07, 6.45) is 0.261. The Morgan fingerprint density at radius 1 is 1.13 bits per heavy atom. The first kappa shape index (κ1) is 20.1. The van der Waals surface area contributed by atoms with Crippen molar-refractivity contribution in [3.63, 3.8) is 0 Å². The number of urea groups is 1. The Balaban J connectivity index is 1.56. The van der Waals surface area contributed by atoms with E-state index in [1.165, 1.54) is 48.5 Å². The molecule has 4 rings (SSSR count). The van der Waals surface area contributed by atoms with Crippen molar-refractivity contribution in [2.75, 3.05) is 0 Å². The number of imide groups is 1. The number of benzene rings is 2. The van der Waals surface area contributed by atoms with E-state index in [1.807, 2.05) is 0 Å². The average Bonchev–Trinajstić information content (AvgIpc) is 3.33. The van der Waals surface area contributed by atoms with Gasteiger partial charge in [-0.25, -0.2) is 9.18 Å². The Bertz CT molecular complexity index is 1160. The highest BCUT2D eigenvalue weighted by atomic mass is 19.1. The van der Waals surface area contributed by atoms with E-state index in [9.17, 15) is 24.1 Å². The SMILES string of the molecule is CCC1(c2ccc(F)cc2)NC(=O)N(Cc2nnc(-c3ccc([N+](=O)[O-])cc3)o2)C1=O. The van der Waals surface area contributed by atoms with E-state index in [-0.39, 0.29) is 30.4 Å². The predicted octanol–water partition coefficient (Wildman–Crippen LogP) is 3.14. The van der Waals surface area contributed by atoms with Gasteiger partial charge in [-0.2, -0.15) is 0 Å². The third kappa shape index (κ3) is 3.50. The summed E-state index contributed by atoms with van der Waals surface area (Å²) in [5.74, 6) is -0.852. The van der Waals surface area contributed by atoms with Gasteiger partial charge in [-0.15, -0.1) is 10.2 Å². The summed E-state index contributed by atoms with van der Waals surface area (Å²) in [5, 5.41) is 21.2. The van der Waals surface area contributed by atoms with E-state index >= 15 is 0 Å². The van der Waals surface area contributed by atoms with Crippen LogP contribution in [0.2, 0.25) is 0 Å². The molecule has 1 fully saturated rings. The molecule has 1 aliphatic rings. The molecular formula is C20H16FN5O5. The predicted molar refractivity (Wildman–Crippen MR) is 104 cm³/mol. The zero-order valence-electron chi connectivity index (χ0n) is 16.2. The second kappa shape index (κ2) is 7.59. The van der Waals surface area contributed by atoms with Crippen molar-refractivity contribution in [1.29, 1.82) is 0 Å². The molecule has 10 nitrogen and oxygen atoms in total. The fraction of sp³-hybridized carbons (Fsp3) is 0.200. The summed E-state index contributed by atoms with van der Waals surface area (Å²) in [6.45, 7) is 1.48. The highest BCUT2D eigenvalue weighted by Gasteiger charge is 2.51. The minimum absolute atomic E-state index is 0.0165. The topological polar surface area (TPSA) is 131 Å². The van der Waals surface area contributed by atoms with Crippen LogP contribution in [-0.4, -0.2) is 32.0 Å². The molecule has 1 N–H and O–H groups in total. The Labute approximate surface area is 174 Å². The number of nitrogens with one attached hydrogen (secondary N) is 1. The summed E-state index contributed by atoms with van der Waals surface area (Å²) in [4.78, 5) is 36.9. The molecule has 31 heavy (non-hydrogen) atoms. The molecule has 0 saturated carbocycles. The van der Waals surface area contributed by atoms with Gasteiger partial charge in [0, 0.05) is 17.7 Å². The van der Waals surface area contributed by atoms with Gasteiger partial charge in [-0.3, -0.25) is 19.8 Å². The van der Waals surface area contributed by atoms with Crippen molar-refractivity contribution < 1.29 is 23.3 Å². The van der Waals surface area contributed by atoms with Gasteiger partial charge in [-0.1, -0.05) is 19.1 Å². The fourth-order valence-electron chi connectivity index (χ4n) is 3.44. The summed E-state index contributed by atoms with van der Waals surface area (Å²) < 4.78 is 18.8. The minimum atomic E-state index is -1.31. The van der Waals surface area contributed by atoms with Crippen molar-refractivity contribution in [3.8, 4) is 11.5 Å². The molecular weight excluding hydrogens is 409 g/mol. The van der Waals surface area contributed by atoms with Crippen LogP contribution in [0.5, 0.6) is 0 Å². The van der Waals surface area contributed by atoms with E-state index in [0.29, 0.717) is 11.1 Å². The number of rotatable bonds is 6. The number of carbonyl (C=O) groups is 2. The summed E-state index contributed by atoms with van der Waals surface area (Å²) in [7, 11) is 0. The van der Waals surface area contributed by atoms with Crippen molar-refractivity contribution in [3.05, 3.63) is 75.9 Å². The molecule has 11 heteroatoms. The Hall–Kier alpha value is -4.15. The number of nitro benzene ring substituents is 1. The number of carbonyl (C=O) groups excluding carboxylic acids is 2. The van der Waals surface area contributed by atoms with Gasteiger partial charge in [0.25, 0.3) is 11.6 Å². The molecule has 1 unspecified atom stereocenters. The van der Waals surface area contributed by atoms with Crippen LogP contribution in [0.15, 0.2) is 52.9 Å². The lowest BCUT2D eigenvalue weighted by atomic mass is 9.87. The third-order valence-corrected chi connectivity index (χ3v) is 5.13. The largest absolute Gasteiger partial charge is 0.419 e. The van der Waals surface area contributed by atoms with Crippen molar-refractivity contribution >= 4 is 17.6 Å². The van der Waals surface area contributed by atoms with Gasteiger partial charge in [-0.05, 0) is 36.2 Å². The first-order chi connectivity index (χ1) is 14.8. The van der Waals surface area contributed by atoms with Gasteiger partial charge in [0.05, 0.1) is 4.92 Å². The molecule has 3 amide bonds. The van der Waals surface area contributed by atoms with Gasteiger partial charge >= 0.3 is 6.03 Å². The fourth-order valence-corrected chi connectivity index (χ4v) is 3.44. The molecule has 1 aliphatic heterocycles. The van der Waals surface area contributed by atoms with Crippen LogP contribution in [0.3, 0.4) is 0 Å². The first-order valence-electron chi connectivity index (χ1n) is 9.31. The maximum Gasteiger partial charge on any atom is 0.325 e. The van der Waals surface area contributed by atoms with Crippen LogP contribution >= 0.6 is 0 Å². The Kier molecular flexibility index (Phi) is 4.93. The van der Waals surface area contributed by atoms with E-state index in [0.717, 1.165) is 4.90 Å². The van der Waals surface area contributed by atoms with Crippen molar-refractivity contribution in [2.45, 2.75) is 25.4 Å². The standard InChI is InChI=1S/C20H16FN5O5/c1-2-20(13-5-7-14(21)8-6-13)18(27)25(19(28)22-20)11-16-23-24-17(31-16)12-3-9-15(10-4-12)26(29)30/h3-10H,2,11H2,1H3,(H,22,28). The molecule has 0 spiro atoms. The minimum Gasteiger partial charge on any atom is -0.419 e. The number of nitrogens with zero attached hydrogens (tertiary/aromatic N) is 4. The lowest BCUT2D eigenvalue weighted by Crippen LogP contribution is -2.43. The van der Waals surface area contributed by atoms with Crippen LogP contribution in [0.25, 0.3) is 11.5 Å². The number of hydrogen-bond donors (Lipinski definition) is 1. The lowest BCUT2D eigenvalue weighted by molar-refractivity contribution is -0.384. The van der Waals surface area contributed by atoms with E-state index in [2.05, 4.69) is 15.5 Å². The van der Waals surface area contributed by atoms with Gasteiger partial charge in [0.1, 0.15) is 17.9 Å². The lowest BCUT2D eigenvalue weighted by Gasteiger charge is -2.25. The van der Waals surface area contributed by atoms with Crippen molar-refractivity contribution in [2.24, 2.45) is 0 Å². The molecule has 1 atom stereocenters. The number of amides is 3. The number of halogens is 1. The van der Waals surface area contributed by atoms with Crippen LogP contribution in [-0.2, 0) is 16.9 Å². The maximum atomic E-state index is 13.3. The van der Waals surface area contributed by atoms with E-state index < -0.39 is 28.2 Å². The van der Waals surface area contributed by atoms with E-state index in [4.69, 9.17) is 4.42 Å². The number of non-ortho nitro benzene ring substituents is 1. The second-order valence-corrected chi connectivity index (χ2v) is 6.89. The van der Waals surface area contributed by atoms with Crippen LogP contribution in [0.1, 0.15) is 24.8 Å². The van der Waals surface area contributed by atoms with Gasteiger partial charge < -0.3 is 9.73 Å². The van der Waals surface area contributed by atoms with Gasteiger partial charge in [0.15, 0.2) is 0 Å². The molecule has 1 saturated heterocycles. The first-order valence-corrected chi connectivity index (χ1v) is 9.31. The zero-order chi connectivity index (χ0) is 22.2.